The number of ether oxygens (including phenoxy) is 3. The molecular weight excluding hydrogens is 244 g/mol. The minimum atomic E-state index is -3.11. The van der Waals surface area contributed by atoms with Crippen LogP contribution >= 0.6 is 0 Å². The Morgan fingerprint density at radius 1 is 1.06 bits per heavy atom. The van der Waals surface area contributed by atoms with Gasteiger partial charge in [0, 0.05) is 18.6 Å². The molecule has 0 aromatic heterocycles. The van der Waals surface area contributed by atoms with Crippen molar-refractivity contribution in [2.75, 3.05) is 27.9 Å². The van der Waals surface area contributed by atoms with E-state index in [-0.39, 0.29) is 23.6 Å². The molecule has 0 saturated heterocycles. The van der Waals surface area contributed by atoms with Crippen molar-refractivity contribution in [3.8, 4) is 17.2 Å². The summed E-state index contributed by atoms with van der Waals surface area (Å²) in [5, 5.41) is 0. The predicted molar refractivity (Wildman–Crippen MR) is 63.7 cm³/mol. The number of nitrogens with two attached hydrogens (primary N) is 1. The molecule has 1 rings (SSSR count). The van der Waals surface area contributed by atoms with Crippen molar-refractivity contribution >= 4 is 0 Å². The van der Waals surface area contributed by atoms with E-state index in [0.29, 0.717) is 5.75 Å². The Morgan fingerprint density at radius 2 is 1.56 bits per heavy atom. The second kappa shape index (κ2) is 5.86. The van der Waals surface area contributed by atoms with Crippen LogP contribution in [0.15, 0.2) is 12.1 Å². The SMILES string of the molecule is COc1cc(OC)c(C(F)(F)CCN)c(OC)c1. The number of methoxy groups -OCH3 is 3. The van der Waals surface area contributed by atoms with Crippen molar-refractivity contribution in [1.29, 1.82) is 0 Å². The van der Waals surface area contributed by atoms with Gasteiger partial charge in [0.05, 0.1) is 21.3 Å². The topological polar surface area (TPSA) is 53.7 Å². The van der Waals surface area contributed by atoms with E-state index >= 15 is 0 Å². The number of benzene rings is 1. The lowest BCUT2D eigenvalue weighted by molar-refractivity contribution is -0.0149. The molecule has 4 nitrogen and oxygen atoms in total. The maximum Gasteiger partial charge on any atom is 0.281 e. The van der Waals surface area contributed by atoms with Gasteiger partial charge in [0.25, 0.3) is 5.92 Å². The normalized spacial score (nSPS) is 11.2. The van der Waals surface area contributed by atoms with Crippen LogP contribution in [0.4, 0.5) is 8.78 Å². The lowest BCUT2D eigenvalue weighted by atomic mass is 10.0. The van der Waals surface area contributed by atoms with Crippen LogP contribution in [-0.2, 0) is 5.92 Å². The van der Waals surface area contributed by atoms with E-state index in [4.69, 9.17) is 19.9 Å². The standard InChI is InChI=1S/C12H17F2NO3/c1-16-8-6-9(17-2)11(10(7-8)18-3)12(13,14)4-5-15/h6-7H,4-5,15H2,1-3H3. The van der Waals surface area contributed by atoms with E-state index in [1.807, 2.05) is 0 Å². The van der Waals surface area contributed by atoms with Gasteiger partial charge in [-0.25, -0.2) is 8.78 Å². The Balaban J connectivity index is 3.39. The Labute approximate surface area is 105 Å². The van der Waals surface area contributed by atoms with Gasteiger partial charge >= 0.3 is 0 Å². The summed E-state index contributed by atoms with van der Waals surface area (Å²) in [5.41, 5.74) is 4.90. The first-order valence-electron chi connectivity index (χ1n) is 5.38. The molecule has 0 bridgehead atoms. The van der Waals surface area contributed by atoms with Crippen molar-refractivity contribution in [1.82, 2.24) is 0 Å². The van der Waals surface area contributed by atoms with E-state index in [1.165, 1.54) is 33.5 Å². The molecule has 0 atom stereocenters. The lowest BCUT2D eigenvalue weighted by Gasteiger charge is -2.22. The molecule has 1 aromatic rings. The monoisotopic (exact) mass is 261 g/mol. The Morgan fingerprint density at radius 3 is 1.89 bits per heavy atom. The molecule has 18 heavy (non-hydrogen) atoms. The van der Waals surface area contributed by atoms with E-state index in [2.05, 4.69) is 0 Å². The zero-order valence-electron chi connectivity index (χ0n) is 10.6. The summed E-state index contributed by atoms with van der Waals surface area (Å²) in [4.78, 5) is 0. The fraction of sp³-hybridized carbons (Fsp3) is 0.500. The second-order valence-electron chi connectivity index (χ2n) is 3.65. The predicted octanol–water partition coefficient (Wildman–Crippen LogP) is 2.15. The number of halogens is 2. The van der Waals surface area contributed by atoms with Crippen LogP contribution < -0.4 is 19.9 Å². The van der Waals surface area contributed by atoms with Gasteiger partial charge in [-0.2, -0.15) is 0 Å². The summed E-state index contributed by atoms with van der Waals surface area (Å²) < 4.78 is 43.0. The molecule has 0 spiro atoms. The third-order valence-electron chi connectivity index (χ3n) is 2.54. The summed E-state index contributed by atoms with van der Waals surface area (Å²) in [6, 6.07) is 2.78. The smallest absolute Gasteiger partial charge is 0.281 e. The molecule has 0 radical (unpaired) electrons. The van der Waals surface area contributed by atoms with E-state index in [0.717, 1.165) is 0 Å². The first kappa shape index (κ1) is 14.5. The molecule has 0 unspecified atom stereocenters. The molecule has 0 aliphatic heterocycles. The van der Waals surface area contributed by atoms with Crippen LogP contribution in [0.5, 0.6) is 17.2 Å². The molecule has 2 N–H and O–H groups in total. The van der Waals surface area contributed by atoms with Crippen LogP contribution in [0.25, 0.3) is 0 Å². The van der Waals surface area contributed by atoms with Crippen LogP contribution in [0.2, 0.25) is 0 Å². The van der Waals surface area contributed by atoms with Gasteiger partial charge in [0.2, 0.25) is 0 Å². The Bertz CT molecular complexity index is 385. The first-order chi connectivity index (χ1) is 8.50. The molecule has 0 aliphatic rings. The molecule has 1 aromatic carbocycles. The van der Waals surface area contributed by atoms with Crippen molar-refractivity contribution in [2.24, 2.45) is 5.73 Å². The van der Waals surface area contributed by atoms with Gasteiger partial charge in [-0.1, -0.05) is 0 Å². The fourth-order valence-electron chi connectivity index (χ4n) is 1.67. The fourth-order valence-corrected chi connectivity index (χ4v) is 1.67. The summed E-state index contributed by atoms with van der Waals surface area (Å²) in [6.07, 6.45) is -0.480. The third kappa shape index (κ3) is 2.81. The molecule has 6 heteroatoms. The summed E-state index contributed by atoms with van der Waals surface area (Å²) in [7, 11) is 4.07. The quantitative estimate of drug-likeness (QED) is 0.852. The summed E-state index contributed by atoms with van der Waals surface area (Å²) in [6.45, 7) is -0.134. The highest BCUT2D eigenvalue weighted by molar-refractivity contribution is 5.52. The maximum absolute atomic E-state index is 14.0. The van der Waals surface area contributed by atoms with E-state index < -0.39 is 12.3 Å². The average Bonchev–Trinajstić information content (AvgIpc) is 2.36. The Kier molecular flexibility index (Phi) is 4.72. The van der Waals surface area contributed by atoms with E-state index in [1.54, 1.807) is 0 Å². The van der Waals surface area contributed by atoms with Gasteiger partial charge < -0.3 is 19.9 Å². The number of hydrogen-bond donors (Lipinski definition) is 1. The van der Waals surface area contributed by atoms with Gasteiger partial charge in [-0.05, 0) is 6.54 Å². The van der Waals surface area contributed by atoms with E-state index in [9.17, 15) is 8.78 Å². The van der Waals surface area contributed by atoms with Crippen molar-refractivity contribution in [3.05, 3.63) is 17.7 Å². The van der Waals surface area contributed by atoms with Crippen molar-refractivity contribution in [2.45, 2.75) is 12.3 Å². The number of alkyl halides is 2. The summed E-state index contributed by atoms with van der Waals surface area (Å²) >= 11 is 0. The lowest BCUT2D eigenvalue weighted by Crippen LogP contribution is -2.20. The second-order valence-corrected chi connectivity index (χ2v) is 3.65. The molecule has 0 fully saturated rings. The first-order valence-corrected chi connectivity index (χ1v) is 5.38. The van der Waals surface area contributed by atoms with Crippen LogP contribution in [0, 0.1) is 0 Å². The highest BCUT2D eigenvalue weighted by Crippen LogP contribution is 2.45. The van der Waals surface area contributed by atoms with Gasteiger partial charge in [0.1, 0.15) is 22.8 Å². The third-order valence-corrected chi connectivity index (χ3v) is 2.54. The zero-order valence-corrected chi connectivity index (χ0v) is 10.6. The van der Waals surface area contributed by atoms with Crippen molar-refractivity contribution in [3.63, 3.8) is 0 Å². The molecule has 0 heterocycles. The van der Waals surface area contributed by atoms with Crippen LogP contribution in [0.1, 0.15) is 12.0 Å². The molecular formula is C12H17F2NO3. The number of rotatable bonds is 6. The zero-order chi connectivity index (χ0) is 13.8. The van der Waals surface area contributed by atoms with Gasteiger partial charge in [-0.15, -0.1) is 0 Å². The molecule has 102 valence electrons. The minimum Gasteiger partial charge on any atom is -0.496 e. The van der Waals surface area contributed by atoms with Crippen LogP contribution in [0.3, 0.4) is 0 Å². The minimum absolute atomic E-state index is 0.0182. The molecule has 0 aliphatic carbocycles. The average molecular weight is 261 g/mol. The largest absolute Gasteiger partial charge is 0.496 e. The van der Waals surface area contributed by atoms with Gasteiger partial charge in [-0.3, -0.25) is 0 Å². The highest BCUT2D eigenvalue weighted by atomic mass is 19.3. The Hall–Kier alpha value is -1.56. The number of hydrogen-bond acceptors (Lipinski definition) is 4. The summed E-state index contributed by atoms with van der Waals surface area (Å²) in [5.74, 6) is -2.69. The molecule has 0 amide bonds. The van der Waals surface area contributed by atoms with Crippen molar-refractivity contribution < 1.29 is 23.0 Å². The van der Waals surface area contributed by atoms with Gasteiger partial charge in [0.15, 0.2) is 0 Å². The maximum atomic E-state index is 14.0. The van der Waals surface area contributed by atoms with Crippen LogP contribution in [-0.4, -0.2) is 27.9 Å². The molecule has 0 saturated carbocycles. The highest BCUT2D eigenvalue weighted by Gasteiger charge is 2.37.